The Balaban J connectivity index is 1.65. The van der Waals surface area contributed by atoms with Crippen molar-refractivity contribution in [3.8, 4) is 0 Å². The third-order valence-corrected chi connectivity index (χ3v) is 4.96. The molecule has 3 rings (SSSR count). The molecule has 0 saturated heterocycles. The zero-order chi connectivity index (χ0) is 16.9. The molecule has 5 nitrogen and oxygen atoms in total. The smallest absolute Gasteiger partial charge is 0.223 e. The maximum atomic E-state index is 11.8. The van der Waals surface area contributed by atoms with E-state index in [4.69, 9.17) is 0 Å². The quantitative estimate of drug-likeness (QED) is 0.591. The summed E-state index contributed by atoms with van der Waals surface area (Å²) in [5, 5.41) is 12.3. The molecule has 0 aliphatic heterocycles. The summed E-state index contributed by atoms with van der Waals surface area (Å²) in [4.78, 5) is 11.8. The number of hydrogen-bond acceptors (Lipinski definition) is 4. The molecule has 1 aliphatic rings. The second kappa shape index (κ2) is 7.66. The van der Waals surface area contributed by atoms with E-state index in [0.717, 1.165) is 29.6 Å². The van der Waals surface area contributed by atoms with Gasteiger partial charge in [-0.1, -0.05) is 47.7 Å². The molecule has 1 aromatic carbocycles. The summed E-state index contributed by atoms with van der Waals surface area (Å²) in [6, 6.07) is 8.45. The Bertz CT molecular complexity index is 736. The van der Waals surface area contributed by atoms with Crippen LogP contribution in [0.3, 0.4) is 0 Å². The number of amides is 1. The van der Waals surface area contributed by atoms with Gasteiger partial charge in [0.15, 0.2) is 11.0 Å². The minimum atomic E-state index is 0.122. The van der Waals surface area contributed by atoms with E-state index in [1.807, 2.05) is 10.6 Å². The Kier molecular flexibility index (Phi) is 5.35. The lowest BCUT2D eigenvalue weighted by molar-refractivity contribution is -0.122. The number of thioether (sulfide) groups is 1. The number of rotatable bonds is 8. The van der Waals surface area contributed by atoms with Crippen molar-refractivity contribution < 1.29 is 4.79 Å². The van der Waals surface area contributed by atoms with Gasteiger partial charge < -0.3 is 9.88 Å². The average Bonchev–Trinajstić information content (AvgIpc) is 3.35. The SMILES string of the molecule is C=CCn1c(CNC(=O)C2CC2)nnc1SCc1cccc(C)c1. The molecule has 2 aromatic rings. The third kappa shape index (κ3) is 4.26. The van der Waals surface area contributed by atoms with Crippen LogP contribution in [0, 0.1) is 12.8 Å². The monoisotopic (exact) mass is 342 g/mol. The standard InChI is InChI=1S/C18H22N4OS/c1-3-9-22-16(11-19-17(23)15-7-8-15)20-21-18(22)24-12-14-6-4-5-13(2)10-14/h3-6,10,15H,1,7-9,11-12H2,2H3,(H,19,23). The lowest BCUT2D eigenvalue weighted by atomic mass is 10.2. The number of carbonyl (C=O) groups is 1. The zero-order valence-electron chi connectivity index (χ0n) is 13.9. The molecule has 0 unspecified atom stereocenters. The van der Waals surface area contributed by atoms with Gasteiger partial charge in [0.1, 0.15) is 0 Å². The zero-order valence-corrected chi connectivity index (χ0v) is 14.7. The summed E-state index contributed by atoms with van der Waals surface area (Å²) in [7, 11) is 0. The van der Waals surface area contributed by atoms with Gasteiger partial charge in [0.2, 0.25) is 5.91 Å². The summed E-state index contributed by atoms with van der Waals surface area (Å²) in [5.41, 5.74) is 2.51. The predicted octanol–water partition coefficient (Wildman–Crippen LogP) is 3.09. The minimum absolute atomic E-state index is 0.122. The fourth-order valence-electron chi connectivity index (χ4n) is 2.47. The van der Waals surface area contributed by atoms with E-state index in [9.17, 15) is 4.79 Å². The number of benzene rings is 1. The fourth-order valence-corrected chi connectivity index (χ4v) is 3.38. The molecule has 1 fully saturated rings. The molecule has 1 amide bonds. The molecule has 0 radical (unpaired) electrons. The van der Waals surface area contributed by atoms with Crippen LogP contribution in [-0.2, 0) is 23.6 Å². The lowest BCUT2D eigenvalue weighted by Crippen LogP contribution is -2.26. The first-order valence-corrected chi connectivity index (χ1v) is 9.15. The maximum absolute atomic E-state index is 11.8. The van der Waals surface area contributed by atoms with Gasteiger partial charge in [-0.3, -0.25) is 4.79 Å². The van der Waals surface area contributed by atoms with Gasteiger partial charge in [-0.25, -0.2) is 0 Å². The number of aryl methyl sites for hydroxylation is 1. The van der Waals surface area contributed by atoms with Crippen LogP contribution in [0.5, 0.6) is 0 Å². The van der Waals surface area contributed by atoms with Crippen molar-refractivity contribution in [2.45, 2.75) is 43.8 Å². The van der Waals surface area contributed by atoms with Crippen molar-refractivity contribution in [3.05, 3.63) is 53.9 Å². The number of hydrogen-bond donors (Lipinski definition) is 1. The average molecular weight is 342 g/mol. The number of carbonyl (C=O) groups excluding carboxylic acids is 1. The van der Waals surface area contributed by atoms with Crippen LogP contribution in [0.2, 0.25) is 0 Å². The Morgan fingerprint density at radius 3 is 3.00 bits per heavy atom. The van der Waals surface area contributed by atoms with E-state index in [-0.39, 0.29) is 11.8 Å². The van der Waals surface area contributed by atoms with E-state index in [0.29, 0.717) is 13.1 Å². The van der Waals surface area contributed by atoms with Gasteiger partial charge in [-0.05, 0) is 25.3 Å². The Morgan fingerprint density at radius 2 is 2.29 bits per heavy atom. The van der Waals surface area contributed by atoms with Gasteiger partial charge in [-0.2, -0.15) is 0 Å². The van der Waals surface area contributed by atoms with Gasteiger partial charge in [-0.15, -0.1) is 16.8 Å². The van der Waals surface area contributed by atoms with Crippen molar-refractivity contribution in [2.75, 3.05) is 0 Å². The molecule has 1 aromatic heterocycles. The van der Waals surface area contributed by atoms with Gasteiger partial charge in [0, 0.05) is 18.2 Å². The van der Waals surface area contributed by atoms with E-state index in [2.05, 4.69) is 53.3 Å². The third-order valence-electron chi connectivity index (χ3n) is 3.92. The number of aromatic nitrogens is 3. The molecule has 24 heavy (non-hydrogen) atoms. The number of nitrogens with zero attached hydrogens (tertiary/aromatic N) is 3. The lowest BCUT2D eigenvalue weighted by Gasteiger charge is -2.09. The van der Waals surface area contributed by atoms with Crippen LogP contribution >= 0.6 is 11.8 Å². The highest BCUT2D eigenvalue weighted by atomic mass is 32.2. The van der Waals surface area contributed by atoms with Gasteiger partial charge in [0.25, 0.3) is 0 Å². The van der Waals surface area contributed by atoms with Crippen LogP contribution in [0.15, 0.2) is 42.1 Å². The molecule has 0 spiro atoms. The summed E-state index contributed by atoms with van der Waals surface area (Å²) >= 11 is 1.65. The van der Waals surface area contributed by atoms with Crippen LogP contribution in [0.4, 0.5) is 0 Å². The summed E-state index contributed by atoms with van der Waals surface area (Å²) in [6.45, 7) is 6.95. The first kappa shape index (κ1) is 16.8. The molecule has 1 N–H and O–H groups in total. The van der Waals surface area contributed by atoms with Crippen molar-refractivity contribution in [2.24, 2.45) is 5.92 Å². The summed E-state index contributed by atoms with van der Waals surface area (Å²) < 4.78 is 2.01. The van der Waals surface area contributed by atoms with E-state index >= 15 is 0 Å². The highest BCUT2D eigenvalue weighted by Gasteiger charge is 2.29. The van der Waals surface area contributed by atoms with E-state index in [1.54, 1.807) is 11.8 Å². The molecule has 126 valence electrons. The van der Waals surface area contributed by atoms with Crippen molar-refractivity contribution >= 4 is 17.7 Å². The topological polar surface area (TPSA) is 59.8 Å². The highest BCUT2D eigenvalue weighted by Crippen LogP contribution is 2.29. The summed E-state index contributed by atoms with van der Waals surface area (Å²) in [6.07, 6.45) is 3.83. The maximum Gasteiger partial charge on any atom is 0.223 e. The fraction of sp³-hybridized carbons (Fsp3) is 0.389. The Labute approximate surface area is 146 Å². The van der Waals surface area contributed by atoms with Crippen LogP contribution in [0.1, 0.15) is 29.8 Å². The highest BCUT2D eigenvalue weighted by molar-refractivity contribution is 7.98. The molecule has 1 saturated carbocycles. The molecular weight excluding hydrogens is 320 g/mol. The second-order valence-corrected chi connectivity index (χ2v) is 7.01. The van der Waals surface area contributed by atoms with Gasteiger partial charge >= 0.3 is 0 Å². The van der Waals surface area contributed by atoms with Gasteiger partial charge in [0.05, 0.1) is 6.54 Å². The minimum Gasteiger partial charge on any atom is -0.349 e. The van der Waals surface area contributed by atoms with Crippen LogP contribution < -0.4 is 5.32 Å². The Morgan fingerprint density at radius 1 is 1.46 bits per heavy atom. The molecule has 0 bridgehead atoms. The molecular formula is C18H22N4OS. The summed E-state index contributed by atoms with van der Waals surface area (Å²) in [5.74, 6) is 1.94. The van der Waals surface area contributed by atoms with Crippen molar-refractivity contribution in [1.29, 1.82) is 0 Å². The van der Waals surface area contributed by atoms with E-state index < -0.39 is 0 Å². The largest absolute Gasteiger partial charge is 0.349 e. The molecule has 0 atom stereocenters. The second-order valence-electron chi connectivity index (χ2n) is 6.07. The van der Waals surface area contributed by atoms with Crippen LogP contribution in [0.25, 0.3) is 0 Å². The Hall–Kier alpha value is -2.08. The first-order chi connectivity index (χ1) is 11.7. The van der Waals surface area contributed by atoms with E-state index in [1.165, 1.54) is 11.1 Å². The molecule has 6 heteroatoms. The van der Waals surface area contributed by atoms with Crippen LogP contribution in [-0.4, -0.2) is 20.7 Å². The van der Waals surface area contributed by atoms with Crippen molar-refractivity contribution in [3.63, 3.8) is 0 Å². The number of nitrogens with one attached hydrogen (secondary N) is 1. The van der Waals surface area contributed by atoms with Crippen molar-refractivity contribution in [1.82, 2.24) is 20.1 Å². The molecule has 1 heterocycles. The first-order valence-electron chi connectivity index (χ1n) is 8.16. The normalized spacial score (nSPS) is 13.7. The predicted molar refractivity (Wildman–Crippen MR) is 95.5 cm³/mol. The molecule has 1 aliphatic carbocycles. The number of allylic oxidation sites excluding steroid dienone is 1.